The van der Waals surface area contributed by atoms with Crippen molar-refractivity contribution in [2.24, 2.45) is 14.1 Å². The van der Waals surface area contributed by atoms with Crippen LogP contribution in [0.3, 0.4) is 0 Å². The molecule has 0 saturated heterocycles. The van der Waals surface area contributed by atoms with E-state index < -0.39 is 11.9 Å². The number of carbonyl (C=O) groups excluding carboxylic acids is 2. The number of ether oxygens (including phenoxy) is 5. The van der Waals surface area contributed by atoms with Crippen molar-refractivity contribution in [1.29, 1.82) is 0 Å². The summed E-state index contributed by atoms with van der Waals surface area (Å²) in [5.74, 6) is 0.859. The number of aryl methyl sites for hydroxylation is 2. The summed E-state index contributed by atoms with van der Waals surface area (Å²) >= 11 is 0. The van der Waals surface area contributed by atoms with E-state index >= 15 is 0 Å². The first-order valence-corrected chi connectivity index (χ1v) is 12.5. The highest BCUT2D eigenvalue weighted by molar-refractivity contribution is 6.15. The van der Waals surface area contributed by atoms with Crippen molar-refractivity contribution in [1.82, 2.24) is 9.13 Å². The monoisotopic (exact) mass is 542 g/mol. The van der Waals surface area contributed by atoms with Gasteiger partial charge in [-0.15, -0.1) is 0 Å². The number of allylic oxidation sites excluding steroid dienone is 1. The quantitative estimate of drug-likeness (QED) is 0.212. The molecule has 1 aromatic heterocycles. The Morgan fingerprint density at radius 2 is 1.60 bits per heavy atom. The number of hydrogen-bond donors (Lipinski definition) is 0. The lowest BCUT2D eigenvalue weighted by atomic mass is 9.84. The molecule has 10 nitrogen and oxygen atoms in total. The number of aromatic nitrogens is 2. The molecule has 0 unspecified atom stereocenters. The second kappa shape index (κ2) is 9.33. The maximum absolute atomic E-state index is 13.5. The number of ketones is 1. The Labute approximate surface area is 228 Å². The Kier molecular flexibility index (Phi) is 5.90. The number of rotatable bonds is 5. The van der Waals surface area contributed by atoms with Crippen molar-refractivity contribution < 1.29 is 33.3 Å². The second-order valence-electron chi connectivity index (χ2n) is 9.60. The van der Waals surface area contributed by atoms with E-state index in [0.717, 1.165) is 16.6 Å². The fraction of sp³-hybridized carbons (Fsp3) is 0.233. The molecule has 0 amide bonds. The van der Waals surface area contributed by atoms with Gasteiger partial charge in [0, 0.05) is 31.1 Å². The molecule has 3 aromatic carbocycles. The number of Topliss-reactive ketones (excluding diaryl/α,β-unsaturated/α-hetero) is 1. The number of esters is 1. The number of benzene rings is 3. The minimum atomic E-state index is -0.450. The van der Waals surface area contributed by atoms with Gasteiger partial charge in [-0.25, -0.2) is 4.79 Å². The molecule has 0 bridgehead atoms. The third kappa shape index (κ3) is 3.67. The predicted molar refractivity (Wildman–Crippen MR) is 146 cm³/mol. The van der Waals surface area contributed by atoms with E-state index in [4.69, 9.17) is 23.7 Å². The summed E-state index contributed by atoms with van der Waals surface area (Å²) < 4.78 is 31.3. The standard InChI is InChI=1S/C30H26N2O8/c1-31-19-9-6-15(12-20(19)32(2)30(31)35)18-14-24(33)39-21-11-8-17-26(34)23(40-28(17)25(18)21)13-16-7-10-22(36-3)29(38-5)27(16)37-4/h6-13,18H,14H2,1-5H3/b23-13-/t18-/m0/s1. The molecule has 40 heavy (non-hydrogen) atoms. The van der Waals surface area contributed by atoms with Crippen molar-refractivity contribution in [2.45, 2.75) is 12.3 Å². The number of carbonyl (C=O) groups is 2. The minimum absolute atomic E-state index is 0.0514. The highest BCUT2D eigenvalue weighted by Gasteiger charge is 2.39. The van der Waals surface area contributed by atoms with Crippen molar-refractivity contribution in [3.05, 3.63) is 81.0 Å². The average molecular weight is 543 g/mol. The Morgan fingerprint density at radius 1 is 0.850 bits per heavy atom. The molecule has 4 aromatic rings. The molecule has 204 valence electrons. The van der Waals surface area contributed by atoms with Crippen LogP contribution in [0, 0.1) is 0 Å². The Hall–Kier alpha value is -4.99. The van der Waals surface area contributed by atoms with Crippen LogP contribution in [0.2, 0.25) is 0 Å². The summed E-state index contributed by atoms with van der Waals surface area (Å²) in [7, 11) is 7.95. The fourth-order valence-corrected chi connectivity index (χ4v) is 5.51. The Balaban J connectivity index is 1.47. The van der Waals surface area contributed by atoms with Crippen LogP contribution in [0.1, 0.15) is 39.4 Å². The van der Waals surface area contributed by atoms with Crippen LogP contribution in [-0.2, 0) is 18.9 Å². The molecule has 0 fully saturated rings. The lowest BCUT2D eigenvalue weighted by Gasteiger charge is -2.26. The summed E-state index contributed by atoms with van der Waals surface area (Å²) in [5.41, 5.74) is 3.68. The van der Waals surface area contributed by atoms with Crippen molar-refractivity contribution in [3.8, 4) is 28.7 Å². The fourth-order valence-electron chi connectivity index (χ4n) is 5.51. The smallest absolute Gasteiger partial charge is 0.328 e. The molecule has 0 spiro atoms. The zero-order valence-corrected chi connectivity index (χ0v) is 22.6. The highest BCUT2D eigenvalue weighted by atomic mass is 16.5. The maximum Gasteiger partial charge on any atom is 0.328 e. The third-order valence-corrected chi connectivity index (χ3v) is 7.50. The zero-order chi connectivity index (χ0) is 28.3. The van der Waals surface area contributed by atoms with Crippen LogP contribution < -0.4 is 29.4 Å². The van der Waals surface area contributed by atoms with Gasteiger partial charge in [-0.3, -0.25) is 18.7 Å². The van der Waals surface area contributed by atoms with Gasteiger partial charge in [0.25, 0.3) is 0 Å². The molecule has 3 heterocycles. The number of methoxy groups -OCH3 is 3. The molecule has 0 saturated carbocycles. The Bertz CT molecular complexity index is 1830. The summed E-state index contributed by atoms with van der Waals surface area (Å²) in [5, 5.41) is 0. The van der Waals surface area contributed by atoms with Crippen LogP contribution in [0.4, 0.5) is 0 Å². The lowest BCUT2D eigenvalue weighted by molar-refractivity contribution is -0.135. The van der Waals surface area contributed by atoms with Gasteiger partial charge in [0.1, 0.15) is 11.5 Å². The zero-order valence-electron chi connectivity index (χ0n) is 22.6. The van der Waals surface area contributed by atoms with Gasteiger partial charge in [0.2, 0.25) is 11.5 Å². The van der Waals surface area contributed by atoms with Gasteiger partial charge in [0.05, 0.1) is 44.3 Å². The predicted octanol–water partition coefficient (Wildman–Crippen LogP) is 3.96. The first kappa shape index (κ1) is 25.3. The minimum Gasteiger partial charge on any atom is -0.493 e. The lowest BCUT2D eigenvalue weighted by Crippen LogP contribution is -2.21. The molecule has 10 heteroatoms. The molecule has 6 rings (SSSR count). The summed E-state index contributed by atoms with van der Waals surface area (Å²) in [4.78, 5) is 38.6. The number of fused-ring (bicyclic) bond motifs is 4. The maximum atomic E-state index is 13.5. The molecule has 1 atom stereocenters. The van der Waals surface area contributed by atoms with Gasteiger partial charge in [-0.1, -0.05) is 6.07 Å². The second-order valence-corrected chi connectivity index (χ2v) is 9.60. The van der Waals surface area contributed by atoms with Crippen LogP contribution in [0.15, 0.2) is 53.0 Å². The molecular weight excluding hydrogens is 516 g/mol. The topological polar surface area (TPSA) is 107 Å². The number of nitrogens with zero attached hydrogens (tertiary/aromatic N) is 2. The van der Waals surface area contributed by atoms with Gasteiger partial charge in [-0.2, -0.15) is 0 Å². The largest absolute Gasteiger partial charge is 0.493 e. The molecule has 0 radical (unpaired) electrons. The van der Waals surface area contributed by atoms with E-state index in [0.29, 0.717) is 45.4 Å². The SMILES string of the molecule is COc1ccc(/C=C2\Oc3c(ccc4c3[C@H](c3ccc5c(c3)n(C)c(=O)n5C)CC(=O)O4)C2=O)c(OC)c1OC. The Morgan fingerprint density at radius 3 is 2.33 bits per heavy atom. The van der Waals surface area contributed by atoms with Crippen molar-refractivity contribution in [3.63, 3.8) is 0 Å². The molecule has 0 aliphatic carbocycles. The number of hydrogen-bond acceptors (Lipinski definition) is 8. The first-order chi connectivity index (χ1) is 19.3. The van der Waals surface area contributed by atoms with Crippen LogP contribution in [-0.4, -0.2) is 42.2 Å². The highest BCUT2D eigenvalue weighted by Crippen LogP contribution is 2.50. The van der Waals surface area contributed by atoms with E-state index in [1.54, 1.807) is 53.6 Å². The van der Waals surface area contributed by atoms with E-state index in [2.05, 4.69) is 0 Å². The van der Waals surface area contributed by atoms with Crippen molar-refractivity contribution in [2.75, 3.05) is 21.3 Å². The molecular formula is C30H26N2O8. The summed E-state index contributed by atoms with van der Waals surface area (Å²) in [6, 6.07) is 12.3. The van der Waals surface area contributed by atoms with E-state index in [1.165, 1.54) is 21.3 Å². The van der Waals surface area contributed by atoms with Crippen LogP contribution >= 0.6 is 0 Å². The van der Waals surface area contributed by atoms with Gasteiger partial charge < -0.3 is 23.7 Å². The van der Waals surface area contributed by atoms with Crippen LogP contribution in [0.25, 0.3) is 17.1 Å². The average Bonchev–Trinajstić information content (AvgIpc) is 3.39. The third-order valence-electron chi connectivity index (χ3n) is 7.50. The molecule has 2 aliphatic heterocycles. The van der Waals surface area contributed by atoms with E-state index in [9.17, 15) is 14.4 Å². The summed E-state index contributed by atoms with van der Waals surface area (Å²) in [6.07, 6.45) is 1.64. The first-order valence-electron chi connectivity index (χ1n) is 12.5. The van der Waals surface area contributed by atoms with Crippen molar-refractivity contribution >= 4 is 28.9 Å². The van der Waals surface area contributed by atoms with Crippen LogP contribution in [0.5, 0.6) is 28.7 Å². The van der Waals surface area contributed by atoms with E-state index in [-0.39, 0.29) is 23.7 Å². The molecule has 2 aliphatic rings. The molecule has 0 N–H and O–H groups in total. The van der Waals surface area contributed by atoms with Gasteiger partial charge in [-0.05, 0) is 48.0 Å². The number of imidazole rings is 1. The van der Waals surface area contributed by atoms with Gasteiger partial charge >= 0.3 is 11.7 Å². The van der Waals surface area contributed by atoms with E-state index in [1.807, 2.05) is 18.2 Å². The van der Waals surface area contributed by atoms with Gasteiger partial charge in [0.15, 0.2) is 17.3 Å². The normalized spacial score (nSPS) is 16.9. The summed E-state index contributed by atoms with van der Waals surface area (Å²) in [6.45, 7) is 0.